The number of benzene rings is 3. The Kier molecular flexibility index (Phi) is 4.84. The van der Waals surface area contributed by atoms with Gasteiger partial charge in [0.1, 0.15) is 10.7 Å². The van der Waals surface area contributed by atoms with Crippen LogP contribution in [-0.2, 0) is 23.1 Å². The molecule has 0 aliphatic carbocycles. The lowest BCUT2D eigenvalue weighted by Crippen LogP contribution is -2.49. The maximum atomic E-state index is 13.2. The van der Waals surface area contributed by atoms with Crippen molar-refractivity contribution in [1.29, 1.82) is 0 Å². The third-order valence-electron chi connectivity index (χ3n) is 4.87. The number of anilines is 1. The zero-order chi connectivity index (χ0) is 20.6. The zero-order valence-corrected chi connectivity index (χ0v) is 16.6. The van der Waals surface area contributed by atoms with Crippen LogP contribution in [0, 0.1) is 12.7 Å². The summed E-state index contributed by atoms with van der Waals surface area (Å²) in [6, 6.07) is 19.0. The maximum Gasteiger partial charge on any atom is 0.339 e. The average molecular weight is 410 g/mol. The molecule has 5 nitrogen and oxygen atoms in total. The van der Waals surface area contributed by atoms with Gasteiger partial charge in [0, 0.05) is 0 Å². The van der Waals surface area contributed by atoms with Crippen molar-refractivity contribution < 1.29 is 17.6 Å². The summed E-state index contributed by atoms with van der Waals surface area (Å²) >= 11 is 0. The summed E-state index contributed by atoms with van der Waals surface area (Å²) in [4.78, 5) is 14.8. The van der Waals surface area contributed by atoms with Gasteiger partial charge < -0.3 is 0 Å². The van der Waals surface area contributed by atoms with Crippen LogP contribution in [0.5, 0.6) is 0 Å². The van der Waals surface area contributed by atoms with Gasteiger partial charge in [-0.1, -0.05) is 54.1 Å². The standard InChI is InChI=1S/C22H19FN2O3S/c1-16-6-8-17(9-7-16)14-24-20-4-2-3-5-21(20)29(27,28)25(22(24)26)15-18-10-12-19(23)13-11-18/h2-13H,14-15H2,1H3. The molecular weight excluding hydrogens is 391 g/mol. The first-order valence-electron chi connectivity index (χ1n) is 9.09. The first-order valence-corrected chi connectivity index (χ1v) is 10.5. The normalized spacial score (nSPS) is 15.3. The molecule has 0 N–H and O–H groups in total. The number of hydrogen-bond acceptors (Lipinski definition) is 3. The lowest BCUT2D eigenvalue weighted by Gasteiger charge is -2.36. The van der Waals surface area contributed by atoms with E-state index in [1.54, 1.807) is 18.2 Å². The van der Waals surface area contributed by atoms with Gasteiger partial charge in [0.2, 0.25) is 0 Å². The van der Waals surface area contributed by atoms with E-state index >= 15 is 0 Å². The Morgan fingerprint density at radius 2 is 1.41 bits per heavy atom. The molecule has 0 saturated carbocycles. The van der Waals surface area contributed by atoms with Crippen LogP contribution in [0.25, 0.3) is 0 Å². The van der Waals surface area contributed by atoms with Crippen molar-refractivity contribution in [2.45, 2.75) is 24.9 Å². The maximum absolute atomic E-state index is 13.2. The lowest BCUT2D eigenvalue weighted by atomic mass is 10.1. The van der Waals surface area contributed by atoms with E-state index in [1.807, 2.05) is 31.2 Å². The smallest absolute Gasteiger partial charge is 0.288 e. The van der Waals surface area contributed by atoms with Crippen LogP contribution in [-0.4, -0.2) is 18.8 Å². The number of sulfonamides is 1. The summed E-state index contributed by atoms with van der Waals surface area (Å²) in [6.07, 6.45) is 0. The Morgan fingerprint density at radius 1 is 0.828 bits per heavy atom. The number of para-hydroxylation sites is 1. The third-order valence-corrected chi connectivity index (χ3v) is 6.64. The number of hydrogen-bond donors (Lipinski definition) is 0. The number of urea groups is 1. The third kappa shape index (κ3) is 3.61. The fourth-order valence-electron chi connectivity index (χ4n) is 3.29. The molecule has 2 amide bonds. The summed E-state index contributed by atoms with van der Waals surface area (Å²) in [5.41, 5.74) is 2.87. The number of amides is 2. The van der Waals surface area contributed by atoms with Gasteiger partial charge >= 0.3 is 6.03 Å². The summed E-state index contributed by atoms with van der Waals surface area (Å²) in [5.74, 6) is -0.423. The minimum Gasteiger partial charge on any atom is -0.288 e. The van der Waals surface area contributed by atoms with Gasteiger partial charge in [-0.3, -0.25) is 4.90 Å². The summed E-state index contributed by atoms with van der Waals surface area (Å²) in [5, 5.41) is 0. The predicted molar refractivity (Wildman–Crippen MR) is 108 cm³/mol. The number of nitrogens with zero attached hydrogens (tertiary/aromatic N) is 2. The second-order valence-electron chi connectivity index (χ2n) is 6.96. The van der Waals surface area contributed by atoms with Crippen LogP contribution in [0.1, 0.15) is 16.7 Å². The van der Waals surface area contributed by atoms with Crippen LogP contribution < -0.4 is 4.90 Å². The molecule has 29 heavy (non-hydrogen) atoms. The van der Waals surface area contributed by atoms with E-state index in [0.29, 0.717) is 11.3 Å². The monoisotopic (exact) mass is 410 g/mol. The first-order chi connectivity index (χ1) is 13.9. The number of carbonyl (C=O) groups excluding carboxylic acids is 1. The highest BCUT2D eigenvalue weighted by molar-refractivity contribution is 7.90. The quantitative estimate of drug-likeness (QED) is 0.638. The first kappa shape index (κ1) is 19.1. The van der Waals surface area contributed by atoms with Crippen LogP contribution in [0.4, 0.5) is 14.9 Å². The van der Waals surface area contributed by atoms with Crippen LogP contribution >= 0.6 is 0 Å². The molecule has 0 bridgehead atoms. The van der Waals surface area contributed by atoms with Gasteiger partial charge in [-0.25, -0.2) is 21.9 Å². The van der Waals surface area contributed by atoms with E-state index < -0.39 is 21.9 Å². The van der Waals surface area contributed by atoms with E-state index in [9.17, 15) is 17.6 Å². The van der Waals surface area contributed by atoms with Gasteiger partial charge in [0.25, 0.3) is 10.0 Å². The van der Waals surface area contributed by atoms with Gasteiger partial charge in [0.05, 0.1) is 18.8 Å². The minimum atomic E-state index is -4.02. The van der Waals surface area contributed by atoms with Gasteiger partial charge in [-0.05, 0) is 42.3 Å². The van der Waals surface area contributed by atoms with Crippen molar-refractivity contribution in [3.05, 3.63) is 95.3 Å². The Morgan fingerprint density at radius 3 is 2.10 bits per heavy atom. The Balaban J connectivity index is 1.76. The molecule has 0 spiro atoms. The summed E-state index contributed by atoms with van der Waals surface area (Å²) in [7, 11) is -4.02. The Hall–Kier alpha value is -3.19. The molecule has 1 aliphatic rings. The highest BCUT2D eigenvalue weighted by Crippen LogP contribution is 2.36. The molecule has 0 radical (unpaired) electrons. The highest BCUT2D eigenvalue weighted by Gasteiger charge is 2.41. The molecule has 3 aromatic carbocycles. The second-order valence-corrected chi connectivity index (χ2v) is 8.79. The van der Waals surface area contributed by atoms with Crippen LogP contribution in [0.15, 0.2) is 77.7 Å². The number of rotatable bonds is 4. The summed E-state index contributed by atoms with van der Waals surface area (Å²) in [6.45, 7) is 2.05. The Labute approximate surface area is 169 Å². The molecule has 1 aliphatic heterocycles. The average Bonchev–Trinajstić information content (AvgIpc) is 2.71. The fourth-order valence-corrected chi connectivity index (χ4v) is 4.85. The lowest BCUT2D eigenvalue weighted by molar-refractivity contribution is 0.226. The van der Waals surface area contributed by atoms with E-state index in [0.717, 1.165) is 15.4 Å². The summed E-state index contributed by atoms with van der Waals surface area (Å²) < 4.78 is 40.3. The van der Waals surface area contributed by atoms with Gasteiger partial charge in [-0.2, -0.15) is 0 Å². The molecule has 1 heterocycles. The molecule has 4 rings (SSSR count). The van der Waals surface area contributed by atoms with Crippen molar-refractivity contribution in [1.82, 2.24) is 4.31 Å². The van der Waals surface area contributed by atoms with E-state index in [4.69, 9.17) is 0 Å². The molecule has 0 saturated heterocycles. The van der Waals surface area contributed by atoms with Crippen LogP contribution in [0.2, 0.25) is 0 Å². The molecule has 0 atom stereocenters. The molecule has 148 valence electrons. The molecule has 7 heteroatoms. The van der Waals surface area contributed by atoms with Gasteiger partial charge in [0.15, 0.2) is 0 Å². The Bertz CT molecular complexity index is 1160. The molecule has 0 aromatic heterocycles. The number of halogens is 1. The second kappa shape index (κ2) is 7.33. The molecular formula is C22H19FN2O3S. The van der Waals surface area contributed by atoms with E-state index in [1.165, 1.54) is 35.2 Å². The predicted octanol–water partition coefficient (Wildman–Crippen LogP) is 4.47. The fraction of sp³-hybridized carbons (Fsp3) is 0.136. The van der Waals surface area contributed by atoms with Crippen LogP contribution in [0.3, 0.4) is 0 Å². The van der Waals surface area contributed by atoms with E-state index in [2.05, 4.69) is 0 Å². The largest absolute Gasteiger partial charge is 0.339 e. The van der Waals surface area contributed by atoms with Crippen molar-refractivity contribution >= 4 is 21.7 Å². The van der Waals surface area contributed by atoms with Crippen molar-refractivity contribution in [2.75, 3.05) is 4.90 Å². The number of fused-ring (bicyclic) bond motifs is 1. The van der Waals surface area contributed by atoms with E-state index in [-0.39, 0.29) is 18.0 Å². The molecule has 0 fully saturated rings. The topological polar surface area (TPSA) is 57.7 Å². The number of aryl methyl sites for hydroxylation is 1. The highest BCUT2D eigenvalue weighted by atomic mass is 32.2. The van der Waals surface area contributed by atoms with Gasteiger partial charge in [-0.15, -0.1) is 0 Å². The van der Waals surface area contributed by atoms with Crippen molar-refractivity contribution in [3.63, 3.8) is 0 Å². The van der Waals surface area contributed by atoms with Crippen molar-refractivity contribution in [3.8, 4) is 0 Å². The molecule has 3 aromatic rings. The minimum absolute atomic E-state index is 0.0776. The SMILES string of the molecule is Cc1ccc(CN2C(=O)N(Cc3ccc(F)cc3)S(=O)(=O)c3ccccc32)cc1. The number of carbonyl (C=O) groups is 1. The van der Waals surface area contributed by atoms with Crippen molar-refractivity contribution in [2.24, 2.45) is 0 Å². The molecule has 0 unspecified atom stereocenters. The zero-order valence-electron chi connectivity index (χ0n) is 15.7.